The van der Waals surface area contributed by atoms with Crippen LogP contribution in [0.5, 0.6) is 0 Å². The summed E-state index contributed by atoms with van der Waals surface area (Å²) in [5, 5.41) is 15.0. The Kier molecular flexibility index (Phi) is 5.84. The summed E-state index contributed by atoms with van der Waals surface area (Å²) in [7, 11) is 0. The van der Waals surface area contributed by atoms with Gasteiger partial charge in [0.15, 0.2) is 6.29 Å². The summed E-state index contributed by atoms with van der Waals surface area (Å²) in [5.41, 5.74) is 7.50. The van der Waals surface area contributed by atoms with Crippen molar-refractivity contribution in [1.82, 2.24) is 4.98 Å². The Morgan fingerprint density at radius 2 is 1.73 bits per heavy atom. The number of aromatic amines is 1. The van der Waals surface area contributed by atoms with Crippen LogP contribution in [0, 0.1) is 28.6 Å². The minimum Gasteiger partial charge on any atom is -0.389 e. The molecule has 5 aliphatic carbocycles. The molecule has 12 atom stereocenters. The molecule has 48 heavy (non-hydrogen) atoms. The van der Waals surface area contributed by atoms with Crippen LogP contribution >= 0.6 is 0 Å². The topological polar surface area (TPSA) is 72.9 Å². The van der Waals surface area contributed by atoms with E-state index in [1.165, 1.54) is 44.4 Å². The third-order valence-electron chi connectivity index (χ3n) is 16.0. The van der Waals surface area contributed by atoms with Crippen molar-refractivity contribution in [2.24, 2.45) is 28.6 Å². The number of rotatable bonds is 1. The molecule has 0 bridgehead atoms. The molecule has 6 fully saturated rings. The third kappa shape index (κ3) is 3.39. The maximum atomic E-state index is 13.6. The van der Waals surface area contributed by atoms with Crippen LogP contribution in [0.2, 0.25) is 0 Å². The van der Waals surface area contributed by atoms with Gasteiger partial charge >= 0.3 is 0 Å². The molecule has 5 unspecified atom stereocenters. The quantitative estimate of drug-likeness (QED) is 0.306. The van der Waals surface area contributed by atoms with E-state index in [1.807, 2.05) is 0 Å². The molecule has 258 valence electrons. The second-order valence-corrected chi connectivity index (χ2v) is 19.0. The molecule has 2 aromatic rings. The lowest BCUT2D eigenvalue weighted by molar-refractivity contribution is -0.361. The molecular formula is C42H55NO5. The first kappa shape index (κ1) is 30.8. The Morgan fingerprint density at radius 1 is 0.938 bits per heavy atom. The lowest BCUT2D eigenvalue weighted by atomic mass is 9.40. The number of fused-ring (bicyclic) bond motifs is 12. The van der Waals surface area contributed by atoms with Crippen LogP contribution in [-0.4, -0.2) is 57.6 Å². The summed E-state index contributed by atoms with van der Waals surface area (Å²) >= 11 is 0. The normalized spacial score (nSPS) is 48.5. The SMILES string of the molecule is CC(C)=C[C@H]1O[C@@H]2C(OC3CC[C@@]4(C)[C@@](O)(CCC5Cc6c([nH]c7ccc8c(c67)CC6C(=C8)C(C)OC6(C)C)[C@@]54C)[C@]34C[C@H]24)C(C)(C)O1. The van der Waals surface area contributed by atoms with Gasteiger partial charge in [0.2, 0.25) is 0 Å². The lowest BCUT2D eigenvalue weighted by Crippen LogP contribution is -2.74. The van der Waals surface area contributed by atoms with Crippen molar-refractivity contribution >= 4 is 17.0 Å². The lowest BCUT2D eigenvalue weighted by Gasteiger charge is -2.68. The number of aliphatic hydroxyl groups is 1. The number of hydrogen-bond acceptors (Lipinski definition) is 5. The van der Waals surface area contributed by atoms with Gasteiger partial charge in [-0.25, -0.2) is 0 Å². The van der Waals surface area contributed by atoms with Crippen molar-refractivity contribution in [2.45, 2.75) is 160 Å². The third-order valence-corrected chi connectivity index (χ3v) is 16.0. The van der Waals surface area contributed by atoms with E-state index in [0.717, 1.165) is 44.9 Å². The molecule has 1 aromatic heterocycles. The van der Waals surface area contributed by atoms with Gasteiger partial charge in [0.1, 0.15) is 6.10 Å². The van der Waals surface area contributed by atoms with Crippen LogP contribution in [0.15, 0.2) is 29.4 Å². The number of nitrogens with one attached hydrogen (secondary N) is 1. The van der Waals surface area contributed by atoms with Gasteiger partial charge in [-0.15, -0.1) is 0 Å². The van der Waals surface area contributed by atoms with Gasteiger partial charge < -0.3 is 29.0 Å². The van der Waals surface area contributed by atoms with Crippen LogP contribution in [0.1, 0.15) is 117 Å². The number of aromatic nitrogens is 1. The molecule has 0 amide bonds. The predicted octanol–water partition coefficient (Wildman–Crippen LogP) is 7.94. The molecular weight excluding hydrogens is 598 g/mol. The van der Waals surface area contributed by atoms with Gasteiger partial charge in [-0.2, -0.15) is 0 Å². The average molecular weight is 654 g/mol. The minimum absolute atomic E-state index is 0.0319. The van der Waals surface area contributed by atoms with Crippen LogP contribution in [0.4, 0.5) is 0 Å². The monoisotopic (exact) mass is 653 g/mol. The van der Waals surface area contributed by atoms with Gasteiger partial charge in [0.05, 0.1) is 35.1 Å². The highest BCUT2D eigenvalue weighted by Crippen LogP contribution is 2.81. The van der Waals surface area contributed by atoms with Crippen molar-refractivity contribution in [2.75, 3.05) is 0 Å². The summed E-state index contributed by atoms with van der Waals surface area (Å²) in [6.07, 6.45) is 11.1. The van der Waals surface area contributed by atoms with E-state index in [9.17, 15) is 5.11 Å². The van der Waals surface area contributed by atoms with Gasteiger partial charge in [-0.3, -0.25) is 0 Å². The Morgan fingerprint density at radius 3 is 2.50 bits per heavy atom. The molecule has 0 radical (unpaired) electrons. The van der Waals surface area contributed by atoms with Crippen molar-refractivity contribution < 1.29 is 24.1 Å². The maximum Gasteiger partial charge on any atom is 0.178 e. The van der Waals surface area contributed by atoms with Crippen LogP contribution in [0.25, 0.3) is 17.0 Å². The van der Waals surface area contributed by atoms with E-state index in [0.29, 0.717) is 11.8 Å². The number of hydrogen-bond donors (Lipinski definition) is 2. The molecule has 8 aliphatic rings. The number of ether oxygens (including phenoxy) is 4. The molecule has 1 spiro atoms. The van der Waals surface area contributed by atoms with E-state index in [4.69, 9.17) is 18.9 Å². The zero-order valence-electron chi connectivity index (χ0n) is 30.5. The van der Waals surface area contributed by atoms with Gasteiger partial charge in [-0.05, 0) is 140 Å². The largest absolute Gasteiger partial charge is 0.389 e. The zero-order valence-corrected chi connectivity index (χ0v) is 30.5. The Hall–Kier alpha value is -1.96. The number of benzene rings is 1. The predicted molar refractivity (Wildman–Crippen MR) is 187 cm³/mol. The molecule has 1 aromatic carbocycles. The minimum atomic E-state index is -0.834. The van der Waals surface area contributed by atoms with Crippen molar-refractivity contribution in [3.05, 3.63) is 51.7 Å². The summed E-state index contributed by atoms with van der Waals surface area (Å²) in [5.74, 6) is 1.19. The Balaban J connectivity index is 1.06. The molecule has 6 heteroatoms. The fraction of sp³-hybridized carbons (Fsp3) is 0.714. The van der Waals surface area contributed by atoms with Gasteiger partial charge in [0.25, 0.3) is 0 Å². The first-order valence-corrected chi connectivity index (χ1v) is 19.0. The fourth-order valence-electron chi connectivity index (χ4n) is 13.6. The maximum absolute atomic E-state index is 13.6. The highest BCUT2D eigenvalue weighted by molar-refractivity contribution is 5.93. The Labute approximate surface area is 286 Å². The molecule has 6 nitrogen and oxygen atoms in total. The molecule has 3 saturated carbocycles. The standard InChI is InChI=1S/C42H55NO5/c1-21(2)16-32-46-34-29-20-41(29)31(45-36(34)38(6,7)48-32)13-14-39(8)40(9)24(12-15-42(39,41)44)18-27-33-26-19-28-25(22(3)47-37(28,4)5)17-23(26)10-11-30(33)43-35(27)40/h10-11,16-17,22,24,28-29,31-32,34,36,43-44H,12-15,18-20H2,1-9H3/t22?,24?,28?,29-,31?,32+,34+,36?,39-,40-,41+,42+/m1/s1. The van der Waals surface area contributed by atoms with E-state index in [-0.39, 0.29) is 58.5 Å². The highest BCUT2D eigenvalue weighted by Gasteiger charge is 2.85. The highest BCUT2D eigenvalue weighted by atomic mass is 16.7. The fourth-order valence-corrected chi connectivity index (χ4v) is 13.6. The summed E-state index contributed by atoms with van der Waals surface area (Å²) in [6.45, 7) is 20.2. The molecule has 2 N–H and O–H groups in total. The molecule has 4 heterocycles. The van der Waals surface area contributed by atoms with Crippen molar-refractivity contribution in [3.8, 4) is 0 Å². The first-order chi connectivity index (χ1) is 22.6. The summed E-state index contributed by atoms with van der Waals surface area (Å²) in [6, 6.07) is 4.65. The van der Waals surface area contributed by atoms with Crippen LogP contribution in [0.3, 0.4) is 0 Å². The average Bonchev–Trinajstić information content (AvgIpc) is 3.49. The summed E-state index contributed by atoms with van der Waals surface area (Å²) in [4.78, 5) is 4.07. The van der Waals surface area contributed by atoms with Crippen LogP contribution in [-0.2, 0) is 37.2 Å². The Bertz CT molecular complexity index is 1830. The summed E-state index contributed by atoms with van der Waals surface area (Å²) < 4.78 is 26.8. The van der Waals surface area contributed by atoms with Gasteiger partial charge in [-0.1, -0.05) is 31.6 Å². The van der Waals surface area contributed by atoms with E-state index >= 15 is 0 Å². The molecule has 3 aliphatic heterocycles. The molecule has 10 rings (SSSR count). The first-order valence-electron chi connectivity index (χ1n) is 19.0. The van der Waals surface area contributed by atoms with E-state index in [2.05, 4.69) is 91.6 Å². The number of allylic oxidation sites excluding steroid dienone is 1. The zero-order chi connectivity index (χ0) is 33.6. The smallest absolute Gasteiger partial charge is 0.178 e. The van der Waals surface area contributed by atoms with Crippen molar-refractivity contribution in [3.63, 3.8) is 0 Å². The second kappa shape index (κ2) is 9.09. The number of H-pyrrole nitrogens is 1. The second-order valence-electron chi connectivity index (χ2n) is 19.0. The van der Waals surface area contributed by atoms with E-state index < -0.39 is 11.2 Å². The van der Waals surface area contributed by atoms with Crippen LogP contribution < -0.4 is 0 Å². The van der Waals surface area contributed by atoms with E-state index in [1.54, 1.807) is 0 Å². The van der Waals surface area contributed by atoms with Crippen molar-refractivity contribution in [1.29, 1.82) is 0 Å². The molecule has 3 saturated heterocycles. The van der Waals surface area contributed by atoms with Gasteiger partial charge in [0, 0.05) is 38.8 Å².